The van der Waals surface area contributed by atoms with Gasteiger partial charge < -0.3 is 4.74 Å². The molecule has 2 fully saturated rings. The largest absolute Gasteiger partial charge is 0.362 e. The minimum absolute atomic E-state index is 0.00513. The van der Waals surface area contributed by atoms with E-state index in [9.17, 15) is 13.2 Å². The summed E-state index contributed by atoms with van der Waals surface area (Å²) in [6.07, 6.45) is 2.35. The number of carbonyl (C=O) groups is 1. The van der Waals surface area contributed by atoms with Crippen LogP contribution in [0.4, 0.5) is 0 Å². The van der Waals surface area contributed by atoms with Crippen LogP contribution >= 0.6 is 15.9 Å². The molecule has 138 valence electrons. The van der Waals surface area contributed by atoms with Gasteiger partial charge in [0.05, 0.1) is 4.90 Å². The number of benzene rings is 1. The molecule has 1 spiro atoms. The lowest BCUT2D eigenvalue weighted by Gasteiger charge is -2.49. The fourth-order valence-corrected chi connectivity index (χ4v) is 7.05. The first-order chi connectivity index (χ1) is 11.8. The maximum absolute atomic E-state index is 13.5. The smallest absolute Gasteiger partial charge is 0.246 e. The van der Waals surface area contributed by atoms with Gasteiger partial charge in [-0.15, -0.1) is 0 Å². The topological polar surface area (TPSA) is 63.7 Å². The molecule has 0 N–H and O–H groups in total. The summed E-state index contributed by atoms with van der Waals surface area (Å²) in [7, 11) is -3.85. The van der Waals surface area contributed by atoms with Crippen LogP contribution in [-0.2, 0) is 19.6 Å². The Hall–Kier alpha value is -0.760. The second kappa shape index (κ2) is 7.10. The van der Waals surface area contributed by atoms with E-state index in [1.165, 1.54) is 4.31 Å². The van der Waals surface area contributed by atoms with E-state index >= 15 is 0 Å². The van der Waals surface area contributed by atoms with Crippen LogP contribution < -0.4 is 0 Å². The highest BCUT2D eigenvalue weighted by molar-refractivity contribution is 9.09. The fourth-order valence-electron chi connectivity index (χ4n) is 4.02. The molecular formula is C18H24BrNO4S. The molecule has 0 aromatic heterocycles. The number of sulfonamides is 1. The van der Waals surface area contributed by atoms with E-state index in [2.05, 4.69) is 15.9 Å². The lowest BCUT2D eigenvalue weighted by molar-refractivity contribution is -0.137. The molecular weight excluding hydrogens is 406 g/mol. The van der Waals surface area contributed by atoms with Gasteiger partial charge in [0.25, 0.3) is 0 Å². The molecule has 3 rings (SSSR count). The molecule has 2 aliphatic rings. The minimum Gasteiger partial charge on any atom is -0.362 e. The van der Waals surface area contributed by atoms with Crippen LogP contribution in [0.2, 0.25) is 0 Å². The van der Waals surface area contributed by atoms with Crippen molar-refractivity contribution in [2.45, 2.75) is 67.4 Å². The van der Waals surface area contributed by atoms with Gasteiger partial charge in [-0.2, -0.15) is 4.31 Å². The first-order valence-corrected chi connectivity index (χ1v) is 11.1. The average Bonchev–Trinajstić information content (AvgIpc) is 2.94. The van der Waals surface area contributed by atoms with Crippen LogP contribution in [-0.4, -0.2) is 41.7 Å². The Morgan fingerprint density at radius 3 is 2.52 bits per heavy atom. The normalized spacial score (nSPS) is 30.9. The fraction of sp³-hybridized carbons (Fsp3) is 0.611. The van der Waals surface area contributed by atoms with Gasteiger partial charge >= 0.3 is 0 Å². The molecule has 1 aromatic carbocycles. The van der Waals surface area contributed by atoms with Crippen LogP contribution in [0.3, 0.4) is 0 Å². The lowest BCUT2D eigenvalue weighted by atomic mass is 9.85. The molecule has 1 aliphatic heterocycles. The molecule has 3 atom stereocenters. The minimum atomic E-state index is -3.85. The number of halogens is 1. The molecule has 1 saturated heterocycles. The van der Waals surface area contributed by atoms with E-state index in [0.29, 0.717) is 32.3 Å². The van der Waals surface area contributed by atoms with Crippen LogP contribution in [0.15, 0.2) is 29.2 Å². The summed E-state index contributed by atoms with van der Waals surface area (Å²) in [4.78, 5) is 12.9. The van der Waals surface area contributed by atoms with Crippen LogP contribution in [0.1, 0.15) is 44.6 Å². The highest BCUT2D eigenvalue weighted by Crippen LogP contribution is 2.48. The highest BCUT2D eigenvalue weighted by Gasteiger charge is 2.60. The van der Waals surface area contributed by atoms with Crippen molar-refractivity contribution in [1.29, 1.82) is 0 Å². The molecule has 0 radical (unpaired) electrons. The van der Waals surface area contributed by atoms with Gasteiger partial charge in [0.1, 0.15) is 11.8 Å². The summed E-state index contributed by atoms with van der Waals surface area (Å²) >= 11 is 3.63. The summed E-state index contributed by atoms with van der Waals surface area (Å²) in [5, 5.41) is 0. The Bertz CT molecular complexity index is 749. The van der Waals surface area contributed by atoms with Crippen LogP contribution in [0.5, 0.6) is 0 Å². The van der Waals surface area contributed by atoms with Gasteiger partial charge in [0.15, 0.2) is 5.78 Å². The van der Waals surface area contributed by atoms with Crippen LogP contribution in [0.25, 0.3) is 0 Å². The number of rotatable bonds is 4. The van der Waals surface area contributed by atoms with Crippen molar-refractivity contribution in [1.82, 2.24) is 4.31 Å². The van der Waals surface area contributed by atoms with E-state index in [-0.39, 0.29) is 15.5 Å². The SMILES string of the molecule is CCO[C@@H]1CC[C@@H](Br)[C@]2(CCCC2=O)N1S(=O)(=O)c1ccc(C)cc1. The first-order valence-electron chi connectivity index (χ1n) is 8.74. The molecule has 1 aliphatic carbocycles. The number of carbonyl (C=O) groups excluding carboxylic acids is 1. The zero-order valence-electron chi connectivity index (χ0n) is 14.6. The molecule has 7 heteroatoms. The molecule has 1 saturated carbocycles. The first kappa shape index (κ1) is 19.0. The predicted octanol–water partition coefficient (Wildman–Crippen LogP) is 3.40. The molecule has 0 bridgehead atoms. The van der Waals surface area contributed by atoms with Gasteiger partial charge in [-0.25, -0.2) is 8.42 Å². The predicted molar refractivity (Wildman–Crippen MR) is 99.2 cm³/mol. The third-order valence-corrected chi connectivity index (χ3v) is 8.38. The summed E-state index contributed by atoms with van der Waals surface area (Å²) in [5.41, 5.74) is -0.0501. The molecule has 5 nitrogen and oxygen atoms in total. The number of aryl methyl sites for hydroxylation is 1. The molecule has 1 aromatic rings. The Kier molecular flexibility index (Phi) is 5.40. The van der Waals surface area contributed by atoms with Gasteiger partial charge in [-0.3, -0.25) is 4.79 Å². The molecule has 1 heterocycles. The van der Waals surface area contributed by atoms with Crippen molar-refractivity contribution >= 4 is 31.7 Å². The summed E-state index contributed by atoms with van der Waals surface area (Å²) in [6.45, 7) is 4.17. The van der Waals surface area contributed by atoms with Crippen molar-refractivity contribution in [3.8, 4) is 0 Å². The lowest BCUT2D eigenvalue weighted by Crippen LogP contribution is -2.66. The maximum atomic E-state index is 13.5. The maximum Gasteiger partial charge on any atom is 0.246 e. The monoisotopic (exact) mass is 429 g/mol. The zero-order chi connectivity index (χ0) is 18.2. The van der Waals surface area contributed by atoms with E-state index in [4.69, 9.17) is 4.74 Å². The summed E-state index contributed by atoms with van der Waals surface area (Å²) < 4.78 is 34.2. The van der Waals surface area contributed by atoms with E-state index in [1.54, 1.807) is 24.3 Å². The average molecular weight is 430 g/mol. The number of nitrogens with zero attached hydrogens (tertiary/aromatic N) is 1. The van der Waals surface area contributed by atoms with E-state index in [1.807, 2.05) is 13.8 Å². The zero-order valence-corrected chi connectivity index (χ0v) is 17.0. The Balaban J connectivity index is 2.14. The third kappa shape index (κ3) is 3.09. The molecule has 0 unspecified atom stereocenters. The third-order valence-electron chi connectivity index (χ3n) is 5.22. The highest BCUT2D eigenvalue weighted by atomic mass is 79.9. The Morgan fingerprint density at radius 1 is 1.28 bits per heavy atom. The molecule has 0 amide bonds. The van der Waals surface area contributed by atoms with Gasteiger partial charge in [-0.05, 0) is 51.7 Å². The van der Waals surface area contributed by atoms with Gasteiger partial charge in [-0.1, -0.05) is 33.6 Å². The number of alkyl halides is 1. The van der Waals surface area contributed by atoms with Gasteiger partial charge in [0, 0.05) is 17.9 Å². The standard InChI is InChI=1S/C18H24BrNO4S/c1-3-24-17-11-10-15(19)18(12-4-5-16(18)21)20(17)25(22,23)14-8-6-13(2)7-9-14/h6-9,15,17H,3-5,10-12H2,1-2H3/t15-,17-,18+/m1/s1. The number of hydrogen-bond acceptors (Lipinski definition) is 4. The number of piperidine rings is 1. The van der Waals surface area contributed by atoms with Crippen molar-refractivity contribution in [2.24, 2.45) is 0 Å². The number of ether oxygens (including phenoxy) is 1. The number of ketones is 1. The molecule has 25 heavy (non-hydrogen) atoms. The second-order valence-corrected chi connectivity index (χ2v) is 9.69. The van der Waals surface area contributed by atoms with E-state index < -0.39 is 21.8 Å². The van der Waals surface area contributed by atoms with Crippen LogP contribution in [0, 0.1) is 6.92 Å². The quantitative estimate of drug-likeness (QED) is 0.687. The second-order valence-electron chi connectivity index (χ2n) is 6.77. The Morgan fingerprint density at radius 2 is 1.96 bits per heavy atom. The van der Waals surface area contributed by atoms with Crippen molar-refractivity contribution in [3.63, 3.8) is 0 Å². The van der Waals surface area contributed by atoms with Crippen molar-refractivity contribution < 1.29 is 17.9 Å². The Labute approximate surface area is 157 Å². The van der Waals surface area contributed by atoms with Gasteiger partial charge in [0.2, 0.25) is 10.0 Å². The van der Waals surface area contributed by atoms with Crippen molar-refractivity contribution in [2.75, 3.05) is 6.61 Å². The van der Waals surface area contributed by atoms with E-state index in [0.717, 1.165) is 12.0 Å². The summed E-state index contributed by atoms with van der Waals surface area (Å²) in [5.74, 6) is -0.00513. The number of Topliss-reactive ketones (excluding diaryl/α,β-unsaturated/α-hetero) is 1. The summed E-state index contributed by atoms with van der Waals surface area (Å²) in [6, 6.07) is 6.78. The van der Waals surface area contributed by atoms with Crippen molar-refractivity contribution in [3.05, 3.63) is 29.8 Å². The number of hydrogen-bond donors (Lipinski definition) is 0.